The molecule has 1 N–H and O–H groups in total. The van der Waals surface area contributed by atoms with Crippen LogP contribution in [0.15, 0.2) is 36.4 Å². The quantitative estimate of drug-likeness (QED) is 0.807. The number of rotatable bonds is 6. The standard InChI is InChI=1S/C16H20O3/c1-12(2)11-18-7-8-19-16-6-4-13-3-5-15(17)9-14(13)10-16/h3-6,9-10,12,17H,7-8,11H2,1-2H3. The molecule has 0 atom stereocenters. The third-order valence-electron chi connectivity index (χ3n) is 2.74. The molecule has 2 aromatic carbocycles. The van der Waals surface area contributed by atoms with Crippen LogP contribution in [0, 0.1) is 5.92 Å². The second-order valence-corrected chi connectivity index (χ2v) is 5.01. The lowest BCUT2D eigenvalue weighted by molar-refractivity contribution is 0.0819. The first-order valence-corrected chi connectivity index (χ1v) is 6.58. The highest BCUT2D eigenvalue weighted by Gasteiger charge is 1.99. The smallest absolute Gasteiger partial charge is 0.120 e. The van der Waals surface area contributed by atoms with Crippen LogP contribution in [0.2, 0.25) is 0 Å². The largest absolute Gasteiger partial charge is 0.508 e. The van der Waals surface area contributed by atoms with Crippen molar-refractivity contribution in [3.63, 3.8) is 0 Å². The molecule has 0 aromatic heterocycles. The van der Waals surface area contributed by atoms with Gasteiger partial charge in [-0.3, -0.25) is 0 Å². The van der Waals surface area contributed by atoms with E-state index in [1.807, 2.05) is 24.3 Å². The maximum Gasteiger partial charge on any atom is 0.120 e. The molecule has 0 bridgehead atoms. The van der Waals surface area contributed by atoms with Crippen molar-refractivity contribution in [2.45, 2.75) is 13.8 Å². The Balaban J connectivity index is 1.90. The van der Waals surface area contributed by atoms with E-state index < -0.39 is 0 Å². The van der Waals surface area contributed by atoms with Crippen molar-refractivity contribution in [1.82, 2.24) is 0 Å². The molecule has 3 nitrogen and oxygen atoms in total. The molecule has 19 heavy (non-hydrogen) atoms. The number of hydrogen-bond donors (Lipinski definition) is 1. The van der Waals surface area contributed by atoms with Crippen LogP contribution in [0.4, 0.5) is 0 Å². The maximum atomic E-state index is 9.46. The van der Waals surface area contributed by atoms with Crippen LogP contribution in [-0.2, 0) is 4.74 Å². The number of phenolic OH excluding ortho intramolecular Hbond substituents is 1. The Kier molecular flexibility index (Phi) is 4.63. The van der Waals surface area contributed by atoms with Crippen molar-refractivity contribution in [3.05, 3.63) is 36.4 Å². The van der Waals surface area contributed by atoms with E-state index in [2.05, 4.69) is 13.8 Å². The molecule has 0 spiro atoms. The summed E-state index contributed by atoms with van der Waals surface area (Å²) in [5.41, 5.74) is 0. The minimum Gasteiger partial charge on any atom is -0.508 e. The monoisotopic (exact) mass is 260 g/mol. The Morgan fingerprint density at radius 3 is 2.58 bits per heavy atom. The zero-order valence-electron chi connectivity index (χ0n) is 11.4. The number of fused-ring (bicyclic) bond motifs is 1. The number of aromatic hydroxyl groups is 1. The van der Waals surface area contributed by atoms with Crippen LogP contribution in [0.25, 0.3) is 10.8 Å². The van der Waals surface area contributed by atoms with Crippen molar-refractivity contribution >= 4 is 10.8 Å². The van der Waals surface area contributed by atoms with Crippen LogP contribution in [-0.4, -0.2) is 24.9 Å². The molecule has 0 aliphatic rings. The molecule has 0 aliphatic carbocycles. The van der Waals surface area contributed by atoms with Crippen molar-refractivity contribution in [1.29, 1.82) is 0 Å². The van der Waals surface area contributed by atoms with E-state index in [0.29, 0.717) is 19.1 Å². The van der Waals surface area contributed by atoms with E-state index in [0.717, 1.165) is 23.1 Å². The average molecular weight is 260 g/mol. The van der Waals surface area contributed by atoms with E-state index in [1.54, 1.807) is 12.1 Å². The first-order chi connectivity index (χ1) is 9.15. The first kappa shape index (κ1) is 13.7. The molecule has 0 amide bonds. The Bertz CT molecular complexity index is 535. The summed E-state index contributed by atoms with van der Waals surface area (Å²) in [6.45, 7) is 6.13. The molecule has 0 heterocycles. The molecule has 0 fully saturated rings. The second-order valence-electron chi connectivity index (χ2n) is 5.01. The summed E-state index contributed by atoms with van der Waals surface area (Å²) in [4.78, 5) is 0. The molecular weight excluding hydrogens is 240 g/mol. The summed E-state index contributed by atoms with van der Waals surface area (Å²) in [7, 11) is 0. The van der Waals surface area contributed by atoms with Gasteiger partial charge >= 0.3 is 0 Å². The first-order valence-electron chi connectivity index (χ1n) is 6.58. The van der Waals surface area contributed by atoms with Gasteiger partial charge in [0.2, 0.25) is 0 Å². The van der Waals surface area contributed by atoms with Crippen LogP contribution in [0.5, 0.6) is 11.5 Å². The van der Waals surface area contributed by atoms with Gasteiger partial charge in [0, 0.05) is 6.61 Å². The summed E-state index contributed by atoms with van der Waals surface area (Å²) < 4.78 is 11.1. The van der Waals surface area contributed by atoms with Gasteiger partial charge in [-0.2, -0.15) is 0 Å². The lowest BCUT2D eigenvalue weighted by atomic mass is 10.1. The molecule has 2 aromatic rings. The van der Waals surface area contributed by atoms with Crippen molar-refractivity contribution < 1.29 is 14.6 Å². The predicted molar refractivity (Wildman–Crippen MR) is 76.8 cm³/mol. The van der Waals surface area contributed by atoms with Crippen molar-refractivity contribution in [2.24, 2.45) is 5.92 Å². The predicted octanol–water partition coefficient (Wildman–Crippen LogP) is 3.60. The van der Waals surface area contributed by atoms with Crippen LogP contribution in [0.1, 0.15) is 13.8 Å². The van der Waals surface area contributed by atoms with Crippen molar-refractivity contribution in [3.8, 4) is 11.5 Å². The van der Waals surface area contributed by atoms with Gasteiger partial charge in [0.05, 0.1) is 6.61 Å². The molecule has 0 saturated carbocycles. The lowest BCUT2D eigenvalue weighted by Crippen LogP contribution is -2.10. The van der Waals surface area contributed by atoms with E-state index in [9.17, 15) is 5.11 Å². The van der Waals surface area contributed by atoms with Gasteiger partial charge in [0.25, 0.3) is 0 Å². The van der Waals surface area contributed by atoms with Gasteiger partial charge in [-0.25, -0.2) is 0 Å². The normalized spacial score (nSPS) is 11.1. The highest BCUT2D eigenvalue weighted by Crippen LogP contribution is 2.24. The van der Waals surface area contributed by atoms with Gasteiger partial charge in [0.15, 0.2) is 0 Å². The lowest BCUT2D eigenvalue weighted by Gasteiger charge is -2.09. The molecule has 0 unspecified atom stereocenters. The fraction of sp³-hybridized carbons (Fsp3) is 0.375. The van der Waals surface area contributed by atoms with Crippen LogP contribution >= 0.6 is 0 Å². The Labute approximate surface area is 113 Å². The van der Waals surface area contributed by atoms with Gasteiger partial charge in [-0.15, -0.1) is 0 Å². The van der Waals surface area contributed by atoms with E-state index in [4.69, 9.17) is 9.47 Å². The van der Waals surface area contributed by atoms with Gasteiger partial charge < -0.3 is 14.6 Å². The Morgan fingerprint density at radius 1 is 1.00 bits per heavy atom. The van der Waals surface area contributed by atoms with Crippen molar-refractivity contribution in [2.75, 3.05) is 19.8 Å². The van der Waals surface area contributed by atoms with Gasteiger partial charge in [-0.05, 0) is 41.0 Å². The third kappa shape index (κ3) is 4.14. The van der Waals surface area contributed by atoms with E-state index in [-0.39, 0.29) is 5.75 Å². The fourth-order valence-electron chi connectivity index (χ4n) is 1.84. The molecule has 2 rings (SSSR count). The summed E-state index contributed by atoms with van der Waals surface area (Å²) in [6.07, 6.45) is 0. The highest BCUT2D eigenvalue weighted by molar-refractivity contribution is 5.85. The number of hydrogen-bond acceptors (Lipinski definition) is 3. The Morgan fingerprint density at radius 2 is 1.79 bits per heavy atom. The van der Waals surface area contributed by atoms with Crippen LogP contribution < -0.4 is 4.74 Å². The third-order valence-corrected chi connectivity index (χ3v) is 2.74. The minimum atomic E-state index is 0.268. The number of phenols is 1. The topological polar surface area (TPSA) is 38.7 Å². The molecule has 102 valence electrons. The molecule has 0 radical (unpaired) electrons. The summed E-state index contributed by atoms with van der Waals surface area (Å²) >= 11 is 0. The SMILES string of the molecule is CC(C)COCCOc1ccc2ccc(O)cc2c1. The summed E-state index contributed by atoms with van der Waals surface area (Å²) in [6, 6.07) is 11.2. The average Bonchev–Trinajstić information content (AvgIpc) is 2.37. The number of benzene rings is 2. The van der Waals surface area contributed by atoms with Crippen LogP contribution in [0.3, 0.4) is 0 Å². The van der Waals surface area contributed by atoms with Gasteiger partial charge in [-0.1, -0.05) is 26.0 Å². The molecule has 0 aliphatic heterocycles. The second kappa shape index (κ2) is 6.43. The summed E-state index contributed by atoms with van der Waals surface area (Å²) in [5.74, 6) is 1.61. The minimum absolute atomic E-state index is 0.268. The van der Waals surface area contributed by atoms with Gasteiger partial charge in [0.1, 0.15) is 18.1 Å². The molecule has 3 heteroatoms. The van der Waals surface area contributed by atoms with E-state index >= 15 is 0 Å². The fourth-order valence-corrected chi connectivity index (χ4v) is 1.84. The zero-order chi connectivity index (χ0) is 13.7. The maximum absolute atomic E-state index is 9.46. The highest BCUT2D eigenvalue weighted by atomic mass is 16.5. The Hall–Kier alpha value is -1.74. The summed E-state index contributed by atoms with van der Waals surface area (Å²) in [5, 5.41) is 11.5. The molecular formula is C16H20O3. The zero-order valence-corrected chi connectivity index (χ0v) is 11.4. The van der Waals surface area contributed by atoms with E-state index in [1.165, 1.54) is 0 Å². The number of ether oxygens (including phenoxy) is 2. The molecule has 0 saturated heterocycles.